The van der Waals surface area contributed by atoms with Crippen LogP contribution in [0.15, 0.2) is 12.1 Å². The highest BCUT2D eigenvalue weighted by atomic mass is 16.5. The lowest BCUT2D eigenvalue weighted by atomic mass is 10.0. The Labute approximate surface area is 133 Å². The van der Waals surface area contributed by atoms with E-state index in [2.05, 4.69) is 19.2 Å². The molecule has 0 aromatic carbocycles. The van der Waals surface area contributed by atoms with Crippen LogP contribution in [-0.2, 0) is 16.6 Å². The smallest absolute Gasteiger partial charge is 0.355 e. The summed E-state index contributed by atoms with van der Waals surface area (Å²) in [6.07, 6.45) is 3.18. The van der Waals surface area contributed by atoms with Crippen LogP contribution < -0.4 is 5.32 Å². The summed E-state index contributed by atoms with van der Waals surface area (Å²) >= 11 is 0. The molecule has 5 heteroatoms. The maximum absolute atomic E-state index is 11.9. The van der Waals surface area contributed by atoms with Gasteiger partial charge in [-0.3, -0.25) is 4.79 Å². The molecule has 0 aliphatic carbocycles. The van der Waals surface area contributed by atoms with Crippen LogP contribution in [0.4, 0.5) is 0 Å². The molecule has 1 heterocycles. The minimum Gasteiger partial charge on any atom is -0.451 e. The van der Waals surface area contributed by atoms with Crippen molar-refractivity contribution in [3.8, 4) is 0 Å². The molecule has 0 fully saturated rings. The van der Waals surface area contributed by atoms with E-state index in [1.807, 2.05) is 19.9 Å². The van der Waals surface area contributed by atoms with E-state index in [1.54, 1.807) is 17.7 Å². The predicted octanol–water partition coefficient (Wildman–Crippen LogP) is 2.82. The van der Waals surface area contributed by atoms with E-state index < -0.39 is 5.97 Å². The zero-order chi connectivity index (χ0) is 16.7. The third kappa shape index (κ3) is 5.92. The summed E-state index contributed by atoms with van der Waals surface area (Å²) in [5.74, 6) is -0.0489. The van der Waals surface area contributed by atoms with Gasteiger partial charge in [-0.05, 0) is 38.3 Å². The molecule has 0 saturated heterocycles. The molecule has 5 nitrogen and oxygen atoms in total. The van der Waals surface area contributed by atoms with Gasteiger partial charge in [0.2, 0.25) is 0 Å². The standard InChI is InChI=1S/C17H28N2O3/c1-12(2)7-6-8-13(3)18-16(20)11-22-17(21)15-10-9-14(4)19(15)5/h9-10,12-13H,6-8,11H2,1-5H3,(H,18,20). The van der Waals surface area contributed by atoms with E-state index in [0.29, 0.717) is 11.6 Å². The van der Waals surface area contributed by atoms with Crippen molar-refractivity contribution in [1.29, 1.82) is 0 Å². The number of amides is 1. The first kappa shape index (κ1) is 18.3. The van der Waals surface area contributed by atoms with E-state index in [-0.39, 0.29) is 18.6 Å². The fourth-order valence-electron chi connectivity index (χ4n) is 2.24. The Hall–Kier alpha value is -1.78. The topological polar surface area (TPSA) is 60.3 Å². The summed E-state index contributed by atoms with van der Waals surface area (Å²) in [6, 6.07) is 3.64. The number of ether oxygens (including phenoxy) is 1. The minimum atomic E-state index is -0.474. The zero-order valence-electron chi connectivity index (χ0n) is 14.3. The Morgan fingerprint density at radius 1 is 1.23 bits per heavy atom. The average Bonchev–Trinajstić information content (AvgIpc) is 2.76. The van der Waals surface area contributed by atoms with Gasteiger partial charge in [0.25, 0.3) is 5.91 Å². The summed E-state index contributed by atoms with van der Waals surface area (Å²) in [5, 5.41) is 2.86. The Morgan fingerprint density at radius 3 is 2.45 bits per heavy atom. The van der Waals surface area contributed by atoms with Gasteiger partial charge in [-0.15, -0.1) is 0 Å². The highest BCUT2D eigenvalue weighted by Gasteiger charge is 2.15. The minimum absolute atomic E-state index is 0.0993. The number of nitrogens with zero attached hydrogens (tertiary/aromatic N) is 1. The van der Waals surface area contributed by atoms with Crippen molar-refractivity contribution in [3.63, 3.8) is 0 Å². The van der Waals surface area contributed by atoms with Gasteiger partial charge in [-0.1, -0.05) is 26.7 Å². The van der Waals surface area contributed by atoms with Crippen LogP contribution in [0.5, 0.6) is 0 Å². The van der Waals surface area contributed by atoms with Crippen LogP contribution in [0.1, 0.15) is 56.2 Å². The average molecular weight is 308 g/mol. The number of carbonyl (C=O) groups excluding carboxylic acids is 2. The second kappa shape index (κ2) is 8.61. The van der Waals surface area contributed by atoms with Gasteiger partial charge in [-0.2, -0.15) is 0 Å². The first-order chi connectivity index (χ1) is 10.3. The molecular formula is C17H28N2O3. The Morgan fingerprint density at radius 2 is 1.91 bits per heavy atom. The molecule has 0 aliphatic heterocycles. The second-order valence-corrected chi connectivity index (χ2v) is 6.29. The first-order valence-corrected chi connectivity index (χ1v) is 7.90. The van der Waals surface area contributed by atoms with E-state index >= 15 is 0 Å². The molecule has 0 aliphatic rings. The molecule has 124 valence electrons. The van der Waals surface area contributed by atoms with Crippen molar-refractivity contribution >= 4 is 11.9 Å². The number of carbonyl (C=O) groups is 2. The van der Waals surface area contributed by atoms with Crippen LogP contribution in [0.25, 0.3) is 0 Å². The van der Waals surface area contributed by atoms with Crippen molar-refractivity contribution in [2.75, 3.05) is 6.61 Å². The van der Waals surface area contributed by atoms with Gasteiger partial charge >= 0.3 is 5.97 Å². The quantitative estimate of drug-likeness (QED) is 0.751. The van der Waals surface area contributed by atoms with Crippen LogP contribution >= 0.6 is 0 Å². The lowest BCUT2D eigenvalue weighted by molar-refractivity contribution is -0.124. The summed E-state index contributed by atoms with van der Waals surface area (Å²) in [5.41, 5.74) is 1.42. The van der Waals surface area contributed by atoms with Gasteiger partial charge in [0, 0.05) is 18.8 Å². The first-order valence-electron chi connectivity index (χ1n) is 7.90. The van der Waals surface area contributed by atoms with Gasteiger partial charge < -0.3 is 14.6 Å². The molecule has 1 N–H and O–H groups in total. The molecule has 1 rings (SSSR count). The molecule has 1 amide bonds. The molecule has 1 unspecified atom stereocenters. The summed E-state index contributed by atoms with van der Waals surface area (Å²) in [7, 11) is 1.79. The Kier molecular flexibility index (Phi) is 7.15. The number of hydrogen-bond acceptors (Lipinski definition) is 3. The van der Waals surface area contributed by atoms with Gasteiger partial charge in [0.1, 0.15) is 5.69 Å². The molecule has 0 spiro atoms. The number of hydrogen-bond donors (Lipinski definition) is 1. The fourth-order valence-corrected chi connectivity index (χ4v) is 2.24. The lowest BCUT2D eigenvalue weighted by Gasteiger charge is -2.14. The Balaban J connectivity index is 2.30. The highest BCUT2D eigenvalue weighted by molar-refractivity contribution is 5.90. The van der Waals surface area contributed by atoms with Crippen molar-refractivity contribution in [2.24, 2.45) is 13.0 Å². The van der Waals surface area contributed by atoms with Gasteiger partial charge in [0.15, 0.2) is 6.61 Å². The molecule has 0 radical (unpaired) electrons. The fraction of sp³-hybridized carbons (Fsp3) is 0.647. The summed E-state index contributed by atoms with van der Waals surface area (Å²) < 4.78 is 6.80. The van der Waals surface area contributed by atoms with E-state index in [9.17, 15) is 9.59 Å². The van der Waals surface area contributed by atoms with E-state index in [4.69, 9.17) is 4.74 Å². The molecule has 1 atom stereocenters. The van der Waals surface area contributed by atoms with Crippen molar-refractivity contribution in [3.05, 3.63) is 23.5 Å². The molecule has 0 bridgehead atoms. The molecule has 0 saturated carbocycles. The van der Waals surface area contributed by atoms with Crippen LogP contribution in [0.3, 0.4) is 0 Å². The summed E-state index contributed by atoms with van der Waals surface area (Å²) in [4.78, 5) is 23.7. The summed E-state index contributed by atoms with van der Waals surface area (Å²) in [6.45, 7) is 8.02. The Bertz CT molecular complexity index is 506. The van der Waals surface area contributed by atoms with Gasteiger partial charge in [0.05, 0.1) is 0 Å². The number of rotatable bonds is 8. The largest absolute Gasteiger partial charge is 0.451 e. The van der Waals surface area contributed by atoms with Crippen molar-refractivity contribution < 1.29 is 14.3 Å². The molecule has 1 aromatic heterocycles. The zero-order valence-corrected chi connectivity index (χ0v) is 14.3. The maximum atomic E-state index is 11.9. The third-order valence-electron chi connectivity index (χ3n) is 3.74. The number of aryl methyl sites for hydroxylation is 1. The second-order valence-electron chi connectivity index (χ2n) is 6.29. The van der Waals surface area contributed by atoms with E-state index in [0.717, 1.165) is 25.0 Å². The lowest BCUT2D eigenvalue weighted by Crippen LogP contribution is -2.36. The van der Waals surface area contributed by atoms with E-state index in [1.165, 1.54) is 0 Å². The van der Waals surface area contributed by atoms with Crippen LogP contribution in [-0.4, -0.2) is 29.1 Å². The van der Waals surface area contributed by atoms with Gasteiger partial charge in [-0.25, -0.2) is 4.79 Å². The van der Waals surface area contributed by atoms with Crippen molar-refractivity contribution in [1.82, 2.24) is 9.88 Å². The monoisotopic (exact) mass is 308 g/mol. The van der Waals surface area contributed by atoms with Crippen LogP contribution in [0, 0.1) is 12.8 Å². The highest BCUT2D eigenvalue weighted by Crippen LogP contribution is 2.09. The molecule has 1 aromatic rings. The number of esters is 1. The SMILES string of the molecule is Cc1ccc(C(=O)OCC(=O)NC(C)CCCC(C)C)n1C. The maximum Gasteiger partial charge on any atom is 0.355 e. The third-order valence-corrected chi connectivity index (χ3v) is 3.74. The molecular weight excluding hydrogens is 280 g/mol. The molecule has 22 heavy (non-hydrogen) atoms. The normalized spacial score (nSPS) is 12.3. The van der Waals surface area contributed by atoms with Crippen LogP contribution in [0.2, 0.25) is 0 Å². The van der Waals surface area contributed by atoms with Crippen molar-refractivity contribution in [2.45, 2.75) is 53.0 Å². The number of nitrogens with one attached hydrogen (secondary N) is 1. The number of aromatic nitrogens is 1. The predicted molar refractivity (Wildman–Crippen MR) is 86.7 cm³/mol.